The van der Waals surface area contributed by atoms with Crippen molar-refractivity contribution in [3.05, 3.63) is 33.9 Å². The second-order valence-corrected chi connectivity index (χ2v) is 6.17. The van der Waals surface area contributed by atoms with Gasteiger partial charge in [-0.05, 0) is 32.1 Å². The van der Waals surface area contributed by atoms with Crippen LogP contribution in [0.5, 0.6) is 0 Å². The SMILES string of the molecule is CNCCCNC(=O)c1ccc(N2CCN(C(C)=O)CC2)c([N+](=O)[O-])c1.Cl. The van der Waals surface area contributed by atoms with E-state index in [2.05, 4.69) is 10.6 Å². The van der Waals surface area contributed by atoms with Crippen LogP contribution in [0.15, 0.2) is 18.2 Å². The summed E-state index contributed by atoms with van der Waals surface area (Å²) in [5, 5.41) is 17.2. The highest BCUT2D eigenvalue weighted by molar-refractivity contribution is 5.95. The van der Waals surface area contributed by atoms with Crippen LogP contribution in [0.2, 0.25) is 0 Å². The number of piperazine rings is 1. The molecule has 0 bridgehead atoms. The number of hydrogen-bond acceptors (Lipinski definition) is 6. The van der Waals surface area contributed by atoms with Crippen LogP contribution in [0.1, 0.15) is 23.7 Å². The lowest BCUT2D eigenvalue weighted by atomic mass is 10.1. The summed E-state index contributed by atoms with van der Waals surface area (Å²) >= 11 is 0. The normalized spacial score (nSPS) is 13.7. The predicted molar refractivity (Wildman–Crippen MR) is 106 cm³/mol. The molecule has 9 nitrogen and oxygen atoms in total. The maximum atomic E-state index is 12.2. The van der Waals surface area contributed by atoms with Gasteiger partial charge < -0.3 is 20.4 Å². The van der Waals surface area contributed by atoms with Crippen molar-refractivity contribution in [2.24, 2.45) is 0 Å². The highest BCUT2D eigenvalue weighted by Crippen LogP contribution is 2.30. The summed E-state index contributed by atoms with van der Waals surface area (Å²) in [5.41, 5.74) is 0.654. The smallest absolute Gasteiger partial charge is 0.293 e. The Bertz CT molecular complexity index is 677. The summed E-state index contributed by atoms with van der Waals surface area (Å²) in [7, 11) is 1.83. The second-order valence-electron chi connectivity index (χ2n) is 6.17. The zero-order valence-corrected chi connectivity index (χ0v) is 16.4. The Kier molecular flexibility index (Phi) is 8.96. The first-order valence-corrected chi connectivity index (χ1v) is 8.65. The van der Waals surface area contributed by atoms with Gasteiger partial charge in [0.2, 0.25) is 5.91 Å². The fourth-order valence-corrected chi connectivity index (χ4v) is 2.91. The molecule has 1 heterocycles. The van der Waals surface area contributed by atoms with Gasteiger partial charge in [-0.3, -0.25) is 19.7 Å². The first-order valence-electron chi connectivity index (χ1n) is 8.65. The Morgan fingerprint density at radius 2 is 1.85 bits per heavy atom. The zero-order chi connectivity index (χ0) is 19.1. The number of nitrogens with zero attached hydrogens (tertiary/aromatic N) is 3. The van der Waals surface area contributed by atoms with Crippen molar-refractivity contribution >= 4 is 35.6 Å². The lowest BCUT2D eigenvalue weighted by Gasteiger charge is -2.35. The molecule has 2 rings (SSSR count). The van der Waals surface area contributed by atoms with Gasteiger partial charge in [0.1, 0.15) is 5.69 Å². The molecular weight excluding hydrogens is 374 g/mol. The molecule has 0 spiro atoms. The van der Waals surface area contributed by atoms with E-state index in [-0.39, 0.29) is 35.5 Å². The van der Waals surface area contributed by atoms with Crippen molar-refractivity contribution in [3.63, 3.8) is 0 Å². The second kappa shape index (κ2) is 10.7. The molecule has 1 aromatic carbocycles. The molecule has 0 aromatic heterocycles. The molecule has 0 radical (unpaired) electrons. The topological polar surface area (TPSA) is 108 Å². The summed E-state index contributed by atoms with van der Waals surface area (Å²) in [4.78, 5) is 38.2. The van der Waals surface area contributed by atoms with E-state index < -0.39 is 4.92 Å². The van der Waals surface area contributed by atoms with Gasteiger partial charge in [-0.1, -0.05) is 0 Å². The lowest BCUT2D eigenvalue weighted by molar-refractivity contribution is -0.384. The van der Waals surface area contributed by atoms with Crippen molar-refractivity contribution in [1.29, 1.82) is 0 Å². The first-order chi connectivity index (χ1) is 12.4. The Hall–Kier alpha value is -2.39. The summed E-state index contributed by atoms with van der Waals surface area (Å²) in [6, 6.07) is 4.54. The van der Waals surface area contributed by atoms with E-state index in [1.165, 1.54) is 13.0 Å². The number of rotatable bonds is 7. The molecule has 0 atom stereocenters. The molecule has 27 heavy (non-hydrogen) atoms. The highest BCUT2D eigenvalue weighted by Gasteiger charge is 2.25. The number of nitro groups is 1. The molecule has 0 aliphatic carbocycles. The van der Waals surface area contributed by atoms with Crippen molar-refractivity contribution in [2.75, 3.05) is 51.2 Å². The molecule has 1 saturated heterocycles. The predicted octanol–water partition coefficient (Wildman–Crippen LogP) is 1.02. The van der Waals surface area contributed by atoms with Gasteiger partial charge in [0.25, 0.3) is 11.6 Å². The fourth-order valence-electron chi connectivity index (χ4n) is 2.91. The minimum atomic E-state index is -0.468. The first kappa shape index (κ1) is 22.7. The molecular formula is C17H26ClN5O4. The van der Waals surface area contributed by atoms with Crippen LogP contribution < -0.4 is 15.5 Å². The molecule has 0 unspecified atom stereocenters. The van der Waals surface area contributed by atoms with Crippen LogP contribution in [0.25, 0.3) is 0 Å². The maximum absolute atomic E-state index is 12.2. The quantitative estimate of drug-likeness (QED) is 0.402. The number of benzene rings is 1. The number of anilines is 1. The molecule has 1 fully saturated rings. The minimum absolute atomic E-state index is 0. The van der Waals surface area contributed by atoms with Gasteiger partial charge in [-0.2, -0.15) is 0 Å². The number of carbonyl (C=O) groups is 2. The van der Waals surface area contributed by atoms with Crippen LogP contribution in [-0.2, 0) is 4.79 Å². The molecule has 2 N–H and O–H groups in total. The summed E-state index contributed by atoms with van der Waals surface area (Å²) in [6.45, 7) is 4.91. The number of nitro benzene ring substituents is 1. The molecule has 10 heteroatoms. The van der Waals surface area contributed by atoms with Gasteiger partial charge in [0.05, 0.1) is 4.92 Å². The minimum Gasteiger partial charge on any atom is -0.362 e. The molecule has 1 aromatic rings. The third kappa shape index (κ3) is 6.07. The average Bonchev–Trinajstić information content (AvgIpc) is 2.64. The third-order valence-corrected chi connectivity index (χ3v) is 4.39. The standard InChI is InChI=1S/C17H25N5O4.ClH/c1-13(23)20-8-10-21(11-9-20)15-5-4-14(12-16(15)22(25)26)17(24)19-7-3-6-18-2;/h4-5,12,18H,3,6-11H2,1-2H3,(H,19,24);1H. The van der Waals surface area contributed by atoms with E-state index in [1.54, 1.807) is 17.0 Å². The molecule has 150 valence electrons. The molecule has 1 aliphatic rings. The van der Waals surface area contributed by atoms with Gasteiger partial charge in [0.15, 0.2) is 0 Å². The Morgan fingerprint density at radius 3 is 2.41 bits per heavy atom. The van der Waals surface area contributed by atoms with E-state index in [0.717, 1.165) is 13.0 Å². The van der Waals surface area contributed by atoms with Crippen LogP contribution in [0, 0.1) is 10.1 Å². The van der Waals surface area contributed by atoms with Gasteiger partial charge >= 0.3 is 0 Å². The number of amides is 2. The number of hydrogen-bond donors (Lipinski definition) is 2. The van der Waals surface area contributed by atoms with Crippen LogP contribution in [0.3, 0.4) is 0 Å². The molecule has 1 aliphatic heterocycles. The monoisotopic (exact) mass is 399 g/mol. The molecule has 2 amide bonds. The number of carbonyl (C=O) groups excluding carboxylic acids is 2. The zero-order valence-electron chi connectivity index (χ0n) is 15.6. The van der Waals surface area contributed by atoms with E-state index >= 15 is 0 Å². The van der Waals surface area contributed by atoms with Crippen molar-refractivity contribution < 1.29 is 14.5 Å². The van der Waals surface area contributed by atoms with Crippen molar-refractivity contribution in [1.82, 2.24) is 15.5 Å². The number of nitrogens with one attached hydrogen (secondary N) is 2. The average molecular weight is 400 g/mol. The van der Waals surface area contributed by atoms with Gasteiger partial charge in [-0.25, -0.2) is 0 Å². The Morgan fingerprint density at radius 1 is 1.19 bits per heavy atom. The van der Waals surface area contributed by atoms with Crippen LogP contribution in [0.4, 0.5) is 11.4 Å². The number of halogens is 1. The van der Waals surface area contributed by atoms with Gasteiger partial charge in [-0.15, -0.1) is 12.4 Å². The summed E-state index contributed by atoms with van der Waals surface area (Å²) in [5.74, 6) is -0.318. The van der Waals surface area contributed by atoms with E-state index in [4.69, 9.17) is 0 Å². The van der Waals surface area contributed by atoms with E-state index in [9.17, 15) is 19.7 Å². The lowest BCUT2D eigenvalue weighted by Crippen LogP contribution is -2.48. The Balaban J connectivity index is 0.00000364. The largest absolute Gasteiger partial charge is 0.362 e. The van der Waals surface area contributed by atoms with E-state index in [1.807, 2.05) is 11.9 Å². The van der Waals surface area contributed by atoms with E-state index in [0.29, 0.717) is 38.4 Å². The third-order valence-electron chi connectivity index (χ3n) is 4.39. The highest BCUT2D eigenvalue weighted by atomic mass is 35.5. The summed E-state index contributed by atoms with van der Waals surface area (Å²) in [6.07, 6.45) is 0.781. The summed E-state index contributed by atoms with van der Waals surface area (Å²) < 4.78 is 0. The van der Waals surface area contributed by atoms with Crippen LogP contribution >= 0.6 is 12.4 Å². The molecule has 0 saturated carbocycles. The fraction of sp³-hybridized carbons (Fsp3) is 0.529. The van der Waals surface area contributed by atoms with Crippen LogP contribution in [-0.4, -0.2) is 68.0 Å². The van der Waals surface area contributed by atoms with Crippen molar-refractivity contribution in [2.45, 2.75) is 13.3 Å². The Labute approximate surface area is 164 Å². The van der Waals surface area contributed by atoms with Crippen molar-refractivity contribution in [3.8, 4) is 0 Å². The van der Waals surface area contributed by atoms with Gasteiger partial charge in [0, 0.05) is 51.3 Å². The maximum Gasteiger partial charge on any atom is 0.293 e.